The van der Waals surface area contributed by atoms with Gasteiger partial charge in [-0.25, -0.2) is 0 Å². The predicted octanol–water partition coefficient (Wildman–Crippen LogP) is 1.86. The first kappa shape index (κ1) is 13.0. The molecule has 3 aromatic rings. The Morgan fingerprint density at radius 3 is 2.67 bits per heavy atom. The average Bonchev–Trinajstić information content (AvgIpc) is 2.47. The maximum Gasteiger partial charge on any atom is 0.328 e. The minimum Gasteiger partial charge on any atom is -0.422 e. The zero-order valence-electron chi connectivity index (χ0n) is 11.7. The third kappa shape index (κ3) is 2.66. The van der Waals surface area contributed by atoms with Gasteiger partial charge in [-0.1, -0.05) is 18.2 Å². The van der Waals surface area contributed by atoms with Crippen LogP contribution in [0.3, 0.4) is 0 Å². The topological polar surface area (TPSA) is 90.1 Å². The molecular weight excluding hydrogens is 268 g/mol. The highest BCUT2D eigenvalue weighted by Crippen LogP contribution is 2.27. The van der Waals surface area contributed by atoms with Crippen molar-refractivity contribution in [1.82, 2.24) is 19.9 Å². The van der Waals surface area contributed by atoms with E-state index in [1.165, 1.54) is 0 Å². The van der Waals surface area contributed by atoms with Crippen molar-refractivity contribution in [2.24, 2.45) is 0 Å². The second-order valence-electron chi connectivity index (χ2n) is 4.60. The number of nitrogens with zero attached hydrogens (tertiary/aromatic N) is 5. The fourth-order valence-corrected chi connectivity index (χ4v) is 1.86. The molecule has 0 atom stereocenters. The van der Waals surface area contributed by atoms with Crippen molar-refractivity contribution in [3.8, 4) is 11.8 Å². The Labute approximate surface area is 121 Å². The summed E-state index contributed by atoms with van der Waals surface area (Å²) in [6, 6.07) is 9.63. The molecule has 0 amide bonds. The summed E-state index contributed by atoms with van der Waals surface area (Å²) in [5.74, 6) is 1.12. The number of ether oxygens (including phenoxy) is 1. The van der Waals surface area contributed by atoms with Crippen molar-refractivity contribution in [2.75, 3.05) is 24.7 Å². The lowest BCUT2D eigenvalue weighted by Crippen LogP contribution is -2.15. The Bertz CT molecular complexity index is 784. The van der Waals surface area contributed by atoms with Crippen LogP contribution in [-0.2, 0) is 0 Å². The Balaban J connectivity index is 2.03. The molecule has 0 aliphatic rings. The van der Waals surface area contributed by atoms with Gasteiger partial charge in [0.2, 0.25) is 11.9 Å². The molecule has 0 radical (unpaired) electrons. The normalized spacial score (nSPS) is 10.6. The average molecular weight is 282 g/mol. The van der Waals surface area contributed by atoms with Crippen molar-refractivity contribution in [1.29, 1.82) is 0 Å². The summed E-state index contributed by atoms with van der Waals surface area (Å²) in [5, 5.41) is 0.977. The van der Waals surface area contributed by atoms with Gasteiger partial charge in [-0.15, -0.1) is 0 Å². The molecule has 0 aliphatic carbocycles. The van der Waals surface area contributed by atoms with Crippen molar-refractivity contribution in [3.63, 3.8) is 0 Å². The molecule has 0 unspecified atom stereocenters. The van der Waals surface area contributed by atoms with Crippen LogP contribution in [0, 0.1) is 0 Å². The van der Waals surface area contributed by atoms with E-state index in [4.69, 9.17) is 10.5 Å². The van der Waals surface area contributed by atoms with Gasteiger partial charge in [-0.2, -0.15) is 15.0 Å². The largest absolute Gasteiger partial charge is 0.422 e. The van der Waals surface area contributed by atoms with Crippen molar-refractivity contribution >= 4 is 22.8 Å². The van der Waals surface area contributed by atoms with Crippen LogP contribution in [-0.4, -0.2) is 34.0 Å². The van der Waals surface area contributed by atoms with Crippen LogP contribution >= 0.6 is 0 Å². The van der Waals surface area contributed by atoms with E-state index in [1.807, 2.05) is 44.4 Å². The van der Waals surface area contributed by atoms with Crippen LogP contribution in [0.1, 0.15) is 0 Å². The number of anilines is 2. The molecule has 0 saturated heterocycles. The second-order valence-corrected chi connectivity index (χ2v) is 4.60. The fraction of sp³-hybridized carbons (Fsp3) is 0.143. The minimum atomic E-state index is 0.108. The van der Waals surface area contributed by atoms with Crippen molar-refractivity contribution in [2.45, 2.75) is 0 Å². The molecule has 7 nitrogen and oxygen atoms in total. The van der Waals surface area contributed by atoms with Crippen LogP contribution in [0.2, 0.25) is 0 Å². The summed E-state index contributed by atoms with van der Waals surface area (Å²) >= 11 is 0. The third-order valence-corrected chi connectivity index (χ3v) is 2.82. The van der Waals surface area contributed by atoms with E-state index in [1.54, 1.807) is 11.1 Å². The molecular formula is C14H14N6O. The first-order valence-corrected chi connectivity index (χ1v) is 6.34. The maximum absolute atomic E-state index is 5.73. The van der Waals surface area contributed by atoms with Crippen LogP contribution in [0.4, 0.5) is 11.9 Å². The number of pyridine rings is 1. The van der Waals surface area contributed by atoms with Gasteiger partial charge in [0.15, 0.2) is 5.75 Å². The van der Waals surface area contributed by atoms with Gasteiger partial charge in [0.1, 0.15) is 5.52 Å². The lowest BCUT2D eigenvalue weighted by molar-refractivity contribution is 0.445. The van der Waals surface area contributed by atoms with E-state index in [0.717, 1.165) is 10.9 Å². The number of benzene rings is 1. The van der Waals surface area contributed by atoms with Crippen molar-refractivity contribution < 1.29 is 4.74 Å². The Morgan fingerprint density at radius 1 is 1.05 bits per heavy atom. The van der Waals surface area contributed by atoms with Gasteiger partial charge in [0, 0.05) is 25.7 Å². The summed E-state index contributed by atoms with van der Waals surface area (Å²) in [6.07, 6.45) is 1.71. The van der Waals surface area contributed by atoms with E-state index < -0.39 is 0 Å². The van der Waals surface area contributed by atoms with Crippen molar-refractivity contribution in [3.05, 3.63) is 36.5 Å². The standard InChI is InChI=1S/C14H14N6O/c1-20(2)13-17-12(15)18-14(19-13)21-10-7-3-5-9-6-4-8-16-11(9)10/h3-8H,1-2H3,(H2,15,17,18,19). The summed E-state index contributed by atoms with van der Waals surface area (Å²) < 4.78 is 5.73. The molecule has 0 spiro atoms. The number of rotatable bonds is 3. The maximum atomic E-state index is 5.73. The minimum absolute atomic E-state index is 0.108. The highest BCUT2D eigenvalue weighted by Gasteiger charge is 2.10. The van der Waals surface area contributed by atoms with E-state index in [2.05, 4.69) is 19.9 Å². The number of hydrogen-bond acceptors (Lipinski definition) is 7. The Kier molecular flexibility index (Phi) is 3.23. The molecule has 0 fully saturated rings. The predicted molar refractivity (Wildman–Crippen MR) is 80.4 cm³/mol. The number of hydrogen-bond donors (Lipinski definition) is 1. The Morgan fingerprint density at radius 2 is 1.86 bits per heavy atom. The zero-order chi connectivity index (χ0) is 14.8. The zero-order valence-corrected chi connectivity index (χ0v) is 11.7. The molecule has 106 valence electrons. The lowest BCUT2D eigenvalue weighted by Gasteiger charge is -2.12. The number of fused-ring (bicyclic) bond motifs is 1. The number of aromatic nitrogens is 4. The highest BCUT2D eigenvalue weighted by atomic mass is 16.5. The second kappa shape index (κ2) is 5.20. The highest BCUT2D eigenvalue weighted by molar-refractivity contribution is 5.84. The van der Waals surface area contributed by atoms with Crippen LogP contribution in [0.25, 0.3) is 10.9 Å². The molecule has 2 N–H and O–H groups in total. The van der Waals surface area contributed by atoms with Gasteiger partial charge in [0.25, 0.3) is 0 Å². The molecule has 0 saturated carbocycles. The molecule has 21 heavy (non-hydrogen) atoms. The monoisotopic (exact) mass is 282 g/mol. The van der Waals surface area contributed by atoms with Gasteiger partial charge in [-0.05, 0) is 12.1 Å². The van der Waals surface area contributed by atoms with Gasteiger partial charge < -0.3 is 15.4 Å². The third-order valence-electron chi connectivity index (χ3n) is 2.82. The molecule has 0 aliphatic heterocycles. The first-order chi connectivity index (χ1) is 10.1. The first-order valence-electron chi connectivity index (χ1n) is 6.34. The number of nitrogen functional groups attached to an aromatic ring is 1. The molecule has 2 heterocycles. The van der Waals surface area contributed by atoms with Crippen LogP contribution < -0.4 is 15.4 Å². The lowest BCUT2D eigenvalue weighted by atomic mass is 10.2. The quantitative estimate of drug-likeness (QED) is 0.784. The van der Waals surface area contributed by atoms with Crippen LogP contribution in [0.15, 0.2) is 36.5 Å². The van der Waals surface area contributed by atoms with Crippen LogP contribution in [0.5, 0.6) is 11.8 Å². The molecule has 3 rings (SSSR count). The summed E-state index contributed by atoms with van der Waals surface area (Å²) in [4.78, 5) is 18.3. The molecule has 2 aromatic heterocycles. The Hall–Kier alpha value is -2.96. The molecule has 0 bridgehead atoms. The summed E-state index contributed by atoms with van der Waals surface area (Å²) in [6.45, 7) is 0. The fourth-order valence-electron chi connectivity index (χ4n) is 1.86. The summed E-state index contributed by atoms with van der Waals surface area (Å²) in [7, 11) is 3.63. The summed E-state index contributed by atoms with van der Waals surface area (Å²) in [5.41, 5.74) is 6.42. The van der Waals surface area contributed by atoms with E-state index in [-0.39, 0.29) is 12.0 Å². The SMILES string of the molecule is CN(C)c1nc(N)nc(Oc2cccc3cccnc23)n1. The smallest absolute Gasteiger partial charge is 0.328 e. The van der Waals surface area contributed by atoms with E-state index >= 15 is 0 Å². The molecule has 7 heteroatoms. The number of para-hydroxylation sites is 1. The van der Waals surface area contributed by atoms with Gasteiger partial charge in [0.05, 0.1) is 0 Å². The van der Waals surface area contributed by atoms with E-state index in [0.29, 0.717) is 11.7 Å². The molecule has 1 aromatic carbocycles. The van der Waals surface area contributed by atoms with Gasteiger partial charge >= 0.3 is 6.01 Å². The van der Waals surface area contributed by atoms with Gasteiger partial charge in [-0.3, -0.25) is 4.98 Å². The number of nitrogens with two attached hydrogens (primary N) is 1. The van der Waals surface area contributed by atoms with E-state index in [9.17, 15) is 0 Å².